The Bertz CT molecular complexity index is 407. The second-order valence-electron chi connectivity index (χ2n) is 5.91. The number of hydrogen-bond donors (Lipinski definition) is 1. The summed E-state index contributed by atoms with van der Waals surface area (Å²) in [7, 11) is 3.80. The number of ether oxygens (including phenoxy) is 1. The summed E-state index contributed by atoms with van der Waals surface area (Å²) in [5, 5.41) is 3.48. The molecule has 114 valence electrons. The summed E-state index contributed by atoms with van der Waals surface area (Å²) in [6.45, 7) is 11.3. The van der Waals surface area contributed by atoms with E-state index in [1.165, 1.54) is 5.56 Å². The molecule has 1 rings (SSSR count). The smallest absolute Gasteiger partial charge is 0.129 e. The van der Waals surface area contributed by atoms with Gasteiger partial charge in [0.15, 0.2) is 0 Å². The van der Waals surface area contributed by atoms with Gasteiger partial charge in [0.1, 0.15) is 5.82 Å². The Hall–Kier alpha value is -1.13. The molecular weight excluding hydrogens is 250 g/mol. The lowest BCUT2D eigenvalue weighted by Crippen LogP contribution is -2.33. The molecule has 0 aromatic carbocycles. The maximum atomic E-state index is 5.22. The SMILES string of the molecule is COCC(C)N(C)c1cc(CNCC(C)C)cc(C)n1. The zero-order chi connectivity index (χ0) is 15.1. The van der Waals surface area contributed by atoms with Crippen molar-refractivity contribution >= 4 is 5.82 Å². The van der Waals surface area contributed by atoms with Gasteiger partial charge in [-0.3, -0.25) is 0 Å². The molecule has 1 heterocycles. The van der Waals surface area contributed by atoms with Crippen LogP contribution in [0.5, 0.6) is 0 Å². The van der Waals surface area contributed by atoms with Gasteiger partial charge in [0.2, 0.25) is 0 Å². The van der Waals surface area contributed by atoms with Crippen LogP contribution in [0, 0.1) is 12.8 Å². The number of rotatable bonds is 8. The van der Waals surface area contributed by atoms with Gasteiger partial charge in [-0.2, -0.15) is 0 Å². The number of likely N-dealkylation sites (N-methyl/N-ethyl adjacent to an activating group) is 1. The minimum Gasteiger partial charge on any atom is -0.383 e. The molecule has 20 heavy (non-hydrogen) atoms. The van der Waals surface area contributed by atoms with Crippen LogP contribution in [0.2, 0.25) is 0 Å². The van der Waals surface area contributed by atoms with Crippen molar-refractivity contribution in [2.45, 2.75) is 40.3 Å². The number of nitrogens with zero attached hydrogens (tertiary/aromatic N) is 2. The molecule has 4 heteroatoms. The van der Waals surface area contributed by atoms with Crippen LogP contribution in [0.3, 0.4) is 0 Å². The van der Waals surface area contributed by atoms with Crippen LogP contribution in [0.25, 0.3) is 0 Å². The quantitative estimate of drug-likeness (QED) is 0.794. The molecule has 1 atom stereocenters. The van der Waals surface area contributed by atoms with Crippen molar-refractivity contribution in [2.75, 3.05) is 32.2 Å². The number of methoxy groups -OCH3 is 1. The van der Waals surface area contributed by atoms with E-state index in [0.29, 0.717) is 18.6 Å². The van der Waals surface area contributed by atoms with Gasteiger partial charge >= 0.3 is 0 Å². The van der Waals surface area contributed by atoms with E-state index in [9.17, 15) is 0 Å². The van der Waals surface area contributed by atoms with Crippen LogP contribution in [-0.2, 0) is 11.3 Å². The van der Waals surface area contributed by atoms with Crippen molar-refractivity contribution in [1.82, 2.24) is 10.3 Å². The topological polar surface area (TPSA) is 37.4 Å². The number of nitrogens with one attached hydrogen (secondary N) is 1. The number of aromatic nitrogens is 1. The summed E-state index contributed by atoms with van der Waals surface area (Å²) in [5.74, 6) is 1.68. The predicted octanol–water partition coefficient (Wildman–Crippen LogP) is 2.61. The highest BCUT2D eigenvalue weighted by molar-refractivity contribution is 5.42. The maximum Gasteiger partial charge on any atom is 0.129 e. The normalized spacial score (nSPS) is 12.8. The first-order valence-electron chi connectivity index (χ1n) is 7.34. The summed E-state index contributed by atoms with van der Waals surface area (Å²) in [5.41, 5.74) is 2.34. The monoisotopic (exact) mass is 279 g/mol. The van der Waals surface area contributed by atoms with E-state index in [0.717, 1.165) is 24.6 Å². The molecule has 4 nitrogen and oxygen atoms in total. The third kappa shape index (κ3) is 5.47. The first kappa shape index (κ1) is 16.9. The van der Waals surface area contributed by atoms with Gasteiger partial charge in [0.05, 0.1) is 12.6 Å². The van der Waals surface area contributed by atoms with E-state index in [4.69, 9.17) is 4.74 Å². The molecular formula is C16H29N3O. The molecule has 0 saturated heterocycles. The lowest BCUT2D eigenvalue weighted by molar-refractivity contribution is 0.183. The Morgan fingerprint density at radius 2 is 2.00 bits per heavy atom. The predicted molar refractivity (Wildman–Crippen MR) is 85.3 cm³/mol. The average Bonchev–Trinajstić information content (AvgIpc) is 2.37. The molecule has 0 bridgehead atoms. The summed E-state index contributed by atoms with van der Waals surface area (Å²) >= 11 is 0. The van der Waals surface area contributed by atoms with E-state index in [1.54, 1.807) is 7.11 Å². The number of anilines is 1. The fraction of sp³-hybridized carbons (Fsp3) is 0.688. The molecule has 0 spiro atoms. The molecule has 0 saturated carbocycles. The van der Waals surface area contributed by atoms with E-state index in [2.05, 4.69) is 55.2 Å². The van der Waals surface area contributed by atoms with Gasteiger partial charge in [-0.05, 0) is 44.0 Å². The Kier molecular flexibility index (Phi) is 6.96. The lowest BCUT2D eigenvalue weighted by atomic mass is 10.2. The minimum atomic E-state index is 0.311. The van der Waals surface area contributed by atoms with Gasteiger partial charge < -0.3 is 15.0 Å². The molecule has 1 aromatic heterocycles. The van der Waals surface area contributed by atoms with Gasteiger partial charge in [-0.25, -0.2) is 4.98 Å². The largest absolute Gasteiger partial charge is 0.383 e. The van der Waals surface area contributed by atoms with Gasteiger partial charge in [-0.15, -0.1) is 0 Å². The first-order valence-corrected chi connectivity index (χ1v) is 7.34. The first-order chi connectivity index (χ1) is 9.43. The highest BCUT2D eigenvalue weighted by atomic mass is 16.5. The van der Waals surface area contributed by atoms with Crippen LogP contribution in [0.15, 0.2) is 12.1 Å². The highest BCUT2D eigenvalue weighted by Gasteiger charge is 2.12. The number of pyridine rings is 1. The molecule has 0 radical (unpaired) electrons. The Labute approximate surface area is 123 Å². The number of aryl methyl sites for hydroxylation is 1. The van der Waals surface area contributed by atoms with Gasteiger partial charge in [0, 0.05) is 26.4 Å². The third-order valence-corrected chi connectivity index (χ3v) is 3.31. The van der Waals surface area contributed by atoms with E-state index in [1.807, 2.05) is 6.92 Å². The molecule has 0 aliphatic carbocycles. The zero-order valence-corrected chi connectivity index (χ0v) is 13.7. The fourth-order valence-corrected chi connectivity index (χ4v) is 2.09. The summed E-state index contributed by atoms with van der Waals surface area (Å²) < 4.78 is 5.22. The van der Waals surface area contributed by atoms with Crippen molar-refractivity contribution < 1.29 is 4.74 Å². The molecule has 0 aliphatic rings. The van der Waals surface area contributed by atoms with E-state index in [-0.39, 0.29) is 0 Å². The number of hydrogen-bond acceptors (Lipinski definition) is 4. The molecule has 1 aromatic rings. The maximum absolute atomic E-state index is 5.22. The molecule has 1 N–H and O–H groups in total. The second-order valence-corrected chi connectivity index (χ2v) is 5.91. The Morgan fingerprint density at radius 3 is 2.60 bits per heavy atom. The fourth-order valence-electron chi connectivity index (χ4n) is 2.09. The average molecular weight is 279 g/mol. The molecule has 0 aliphatic heterocycles. The Balaban J connectivity index is 2.74. The molecule has 1 unspecified atom stereocenters. The molecule has 0 fully saturated rings. The summed E-state index contributed by atoms with van der Waals surface area (Å²) in [4.78, 5) is 6.79. The van der Waals surface area contributed by atoms with Crippen molar-refractivity contribution in [2.24, 2.45) is 5.92 Å². The van der Waals surface area contributed by atoms with Crippen molar-refractivity contribution in [3.63, 3.8) is 0 Å². The summed E-state index contributed by atoms with van der Waals surface area (Å²) in [6.07, 6.45) is 0. The van der Waals surface area contributed by atoms with Crippen molar-refractivity contribution in [3.05, 3.63) is 23.4 Å². The third-order valence-electron chi connectivity index (χ3n) is 3.31. The van der Waals surface area contributed by atoms with E-state index >= 15 is 0 Å². The van der Waals surface area contributed by atoms with Crippen LogP contribution in [-0.4, -0.2) is 38.3 Å². The van der Waals surface area contributed by atoms with Crippen LogP contribution < -0.4 is 10.2 Å². The second kappa shape index (κ2) is 8.22. The Morgan fingerprint density at radius 1 is 1.30 bits per heavy atom. The van der Waals surface area contributed by atoms with Crippen molar-refractivity contribution in [1.29, 1.82) is 0 Å². The minimum absolute atomic E-state index is 0.311. The van der Waals surface area contributed by atoms with Gasteiger partial charge in [-0.1, -0.05) is 13.8 Å². The highest BCUT2D eigenvalue weighted by Crippen LogP contribution is 2.16. The van der Waals surface area contributed by atoms with E-state index < -0.39 is 0 Å². The van der Waals surface area contributed by atoms with Crippen LogP contribution in [0.1, 0.15) is 32.0 Å². The molecule has 0 amide bonds. The van der Waals surface area contributed by atoms with Crippen molar-refractivity contribution in [3.8, 4) is 0 Å². The summed E-state index contributed by atoms with van der Waals surface area (Å²) in [6, 6.07) is 4.61. The van der Waals surface area contributed by atoms with Crippen LogP contribution >= 0.6 is 0 Å². The van der Waals surface area contributed by atoms with Crippen LogP contribution in [0.4, 0.5) is 5.82 Å². The lowest BCUT2D eigenvalue weighted by Gasteiger charge is -2.26. The van der Waals surface area contributed by atoms with Gasteiger partial charge in [0.25, 0.3) is 0 Å². The standard InChI is InChI=1S/C16H29N3O/c1-12(2)9-17-10-15-7-13(3)18-16(8-15)19(5)14(4)11-20-6/h7-8,12,14,17H,9-11H2,1-6H3. The zero-order valence-electron chi connectivity index (χ0n) is 13.7.